The largest absolute Gasteiger partial charge is 0.367 e. The molecule has 31 heavy (non-hydrogen) atoms. The van der Waals surface area contributed by atoms with E-state index in [2.05, 4.69) is 9.71 Å². The summed E-state index contributed by atoms with van der Waals surface area (Å²) >= 11 is 1.50. The van der Waals surface area contributed by atoms with E-state index < -0.39 is 20.0 Å². The molecule has 2 aromatic carbocycles. The van der Waals surface area contributed by atoms with Crippen molar-refractivity contribution >= 4 is 42.8 Å². The van der Waals surface area contributed by atoms with Crippen molar-refractivity contribution in [2.45, 2.75) is 23.3 Å². The fourth-order valence-electron chi connectivity index (χ4n) is 3.09. The SMILES string of the molecule is Cc1cccc(NS(=O)(=O)c2ccc(S(=O)(=O)N(C)C)cc2)c1N(C)Cc1cscn1. The lowest BCUT2D eigenvalue weighted by Gasteiger charge is -2.24. The summed E-state index contributed by atoms with van der Waals surface area (Å²) in [5.41, 5.74) is 4.73. The molecule has 1 N–H and O–H groups in total. The summed E-state index contributed by atoms with van der Waals surface area (Å²) in [4.78, 5) is 6.22. The molecule has 0 aliphatic carbocycles. The van der Waals surface area contributed by atoms with Crippen molar-refractivity contribution in [3.8, 4) is 0 Å². The number of benzene rings is 2. The number of hydrogen-bond donors (Lipinski definition) is 1. The van der Waals surface area contributed by atoms with Crippen LogP contribution in [0.15, 0.2) is 63.1 Å². The van der Waals surface area contributed by atoms with Crippen LogP contribution in [0.2, 0.25) is 0 Å². The first-order valence-corrected chi connectivity index (χ1v) is 13.1. The van der Waals surface area contributed by atoms with E-state index in [1.807, 2.05) is 30.3 Å². The number of hydrogen-bond acceptors (Lipinski definition) is 7. The number of anilines is 2. The summed E-state index contributed by atoms with van der Waals surface area (Å²) < 4.78 is 54.2. The van der Waals surface area contributed by atoms with Crippen LogP contribution in [0, 0.1) is 6.92 Å². The molecule has 0 saturated heterocycles. The predicted molar refractivity (Wildman–Crippen MR) is 124 cm³/mol. The molecule has 0 spiro atoms. The lowest BCUT2D eigenvalue weighted by atomic mass is 10.1. The van der Waals surface area contributed by atoms with Gasteiger partial charge >= 0.3 is 0 Å². The average Bonchev–Trinajstić information content (AvgIpc) is 3.20. The smallest absolute Gasteiger partial charge is 0.261 e. The molecule has 166 valence electrons. The lowest BCUT2D eigenvalue weighted by Crippen LogP contribution is -2.23. The number of nitrogens with one attached hydrogen (secondary N) is 1. The van der Waals surface area contributed by atoms with Gasteiger partial charge in [-0.2, -0.15) is 0 Å². The Morgan fingerprint density at radius 3 is 2.19 bits per heavy atom. The molecule has 0 bridgehead atoms. The van der Waals surface area contributed by atoms with E-state index in [1.165, 1.54) is 49.7 Å². The summed E-state index contributed by atoms with van der Waals surface area (Å²) in [5, 5.41) is 1.95. The van der Waals surface area contributed by atoms with Gasteiger partial charge in [-0.15, -0.1) is 11.3 Å². The number of aryl methyl sites for hydroxylation is 1. The van der Waals surface area contributed by atoms with Crippen LogP contribution in [-0.2, 0) is 26.6 Å². The fraction of sp³-hybridized carbons (Fsp3) is 0.250. The summed E-state index contributed by atoms with van der Waals surface area (Å²) in [5.74, 6) is 0. The molecule has 0 radical (unpaired) electrons. The third kappa shape index (κ3) is 5.06. The average molecular weight is 481 g/mol. The van der Waals surface area contributed by atoms with Gasteiger partial charge in [0.25, 0.3) is 10.0 Å². The highest BCUT2D eigenvalue weighted by Gasteiger charge is 2.21. The summed E-state index contributed by atoms with van der Waals surface area (Å²) in [6.07, 6.45) is 0. The summed E-state index contributed by atoms with van der Waals surface area (Å²) in [6, 6.07) is 10.5. The number of rotatable bonds is 8. The highest BCUT2D eigenvalue weighted by atomic mass is 32.2. The first-order chi connectivity index (χ1) is 14.5. The van der Waals surface area contributed by atoms with E-state index in [4.69, 9.17) is 0 Å². The maximum absolute atomic E-state index is 13.0. The second-order valence-electron chi connectivity index (χ2n) is 7.17. The molecule has 3 rings (SSSR count). The number of para-hydroxylation sites is 1. The van der Waals surface area contributed by atoms with E-state index in [0.717, 1.165) is 21.2 Å². The Kier molecular flexibility index (Phi) is 6.70. The molecule has 0 unspecified atom stereocenters. The molecular formula is C20H24N4O4S3. The summed E-state index contributed by atoms with van der Waals surface area (Å²) in [7, 11) is -2.85. The van der Waals surface area contributed by atoms with E-state index in [0.29, 0.717) is 12.2 Å². The van der Waals surface area contributed by atoms with Gasteiger partial charge in [0.05, 0.1) is 38.9 Å². The third-order valence-corrected chi connectivity index (χ3v) is 8.51. The molecule has 0 aliphatic heterocycles. The van der Waals surface area contributed by atoms with Gasteiger partial charge in [0.15, 0.2) is 0 Å². The Bertz CT molecular complexity index is 1250. The van der Waals surface area contributed by atoms with Gasteiger partial charge in [0.2, 0.25) is 10.0 Å². The van der Waals surface area contributed by atoms with Crippen LogP contribution in [0.5, 0.6) is 0 Å². The first kappa shape index (κ1) is 23.2. The van der Waals surface area contributed by atoms with Crippen LogP contribution < -0.4 is 9.62 Å². The molecule has 0 fully saturated rings. The van der Waals surface area contributed by atoms with Crippen LogP contribution >= 0.6 is 11.3 Å². The minimum atomic E-state index is -3.93. The summed E-state index contributed by atoms with van der Waals surface area (Å²) in [6.45, 7) is 2.44. The van der Waals surface area contributed by atoms with Gasteiger partial charge in [-0.05, 0) is 42.8 Å². The minimum absolute atomic E-state index is 0.0238. The molecule has 11 heteroatoms. The van der Waals surface area contributed by atoms with Gasteiger partial charge in [0, 0.05) is 26.5 Å². The number of nitrogens with zero attached hydrogens (tertiary/aromatic N) is 3. The maximum atomic E-state index is 13.0. The number of thiazole rings is 1. The van der Waals surface area contributed by atoms with Crippen molar-refractivity contribution in [1.82, 2.24) is 9.29 Å². The quantitative estimate of drug-likeness (QED) is 0.532. The third-order valence-electron chi connectivity index (χ3n) is 4.66. The molecule has 8 nitrogen and oxygen atoms in total. The van der Waals surface area contributed by atoms with Crippen LogP contribution in [0.25, 0.3) is 0 Å². The van der Waals surface area contributed by atoms with E-state index >= 15 is 0 Å². The maximum Gasteiger partial charge on any atom is 0.261 e. The van der Waals surface area contributed by atoms with E-state index in [9.17, 15) is 16.8 Å². The molecule has 0 atom stereocenters. The molecule has 0 saturated carbocycles. The van der Waals surface area contributed by atoms with E-state index in [1.54, 1.807) is 17.6 Å². The van der Waals surface area contributed by atoms with Crippen molar-refractivity contribution < 1.29 is 16.8 Å². The topological polar surface area (TPSA) is 99.7 Å². The highest BCUT2D eigenvalue weighted by molar-refractivity contribution is 7.92. The monoisotopic (exact) mass is 480 g/mol. The second-order valence-corrected chi connectivity index (χ2v) is 11.7. The van der Waals surface area contributed by atoms with Gasteiger partial charge in [-0.1, -0.05) is 12.1 Å². The Morgan fingerprint density at radius 2 is 1.61 bits per heavy atom. The van der Waals surface area contributed by atoms with Crippen LogP contribution in [0.4, 0.5) is 11.4 Å². The normalized spacial score (nSPS) is 12.2. The van der Waals surface area contributed by atoms with Crippen molar-refractivity contribution in [2.24, 2.45) is 0 Å². The lowest BCUT2D eigenvalue weighted by molar-refractivity contribution is 0.520. The number of aromatic nitrogens is 1. The Hall–Kier alpha value is -2.47. The van der Waals surface area contributed by atoms with Gasteiger partial charge in [-0.3, -0.25) is 4.72 Å². The van der Waals surface area contributed by atoms with Gasteiger partial charge in [0.1, 0.15) is 0 Å². The zero-order valence-electron chi connectivity index (χ0n) is 17.6. The van der Waals surface area contributed by atoms with Crippen molar-refractivity contribution in [1.29, 1.82) is 0 Å². The Balaban J connectivity index is 1.91. The molecule has 0 aliphatic rings. The van der Waals surface area contributed by atoms with E-state index in [-0.39, 0.29) is 9.79 Å². The Morgan fingerprint density at radius 1 is 0.968 bits per heavy atom. The zero-order valence-corrected chi connectivity index (χ0v) is 20.1. The Labute approximate surface area is 187 Å². The fourth-order valence-corrected chi connectivity index (χ4v) is 5.61. The predicted octanol–water partition coefficient (Wildman–Crippen LogP) is 3.14. The van der Waals surface area contributed by atoms with Crippen LogP contribution in [-0.4, -0.2) is 47.3 Å². The van der Waals surface area contributed by atoms with Crippen LogP contribution in [0.3, 0.4) is 0 Å². The molecule has 0 amide bonds. The van der Waals surface area contributed by atoms with Gasteiger partial charge < -0.3 is 4.90 Å². The van der Waals surface area contributed by atoms with Crippen molar-refractivity contribution in [2.75, 3.05) is 30.8 Å². The highest BCUT2D eigenvalue weighted by Crippen LogP contribution is 2.32. The molecular weight excluding hydrogens is 456 g/mol. The van der Waals surface area contributed by atoms with Gasteiger partial charge in [-0.25, -0.2) is 26.1 Å². The zero-order chi connectivity index (χ0) is 22.8. The van der Waals surface area contributed by atoms with Crippen LogP contribution in [0.1, 0.15) is 11.3 Å². The van der Waals surface area contributed by atoms with Crippen molar-refractivity contribution in [3.05, 3.63) is 64.6 Å². The number of sulfonamides is 2. The molecule has 3 aromatic rings. The van der Waals surface area contributed by atoms with Crippen molar-refractivity contribution in [3.63, 3.8) is 0 Å². The standard InChI is InChI=1S/C20H24N4O4S3/c1-15-6-5-7-19(20(15)24(4)12-16-13-29-14-21-16)22-30(25,26)17-8-10-18(11-9-17)31(27,28)23(2)3/h5-11,13-14,22H,12H2,1-4H3. The second kappa shape index (κ2) is 8.95. The minimum Gasteiger partial charge on any atom is -0.367 e. The molecule has 1 aromatic heterocycles. The molecule has 1 heterocycles. The first-order valence-electron chi connectivity index (χ1n) is 9.25.